The van der Waals surface area contributed by atoms with Crippen molar-refractivity contribution in [2.45, 2.75) is 0 Å². The summed E-state index contributed by atoms with van der Waals surface area (Å²) in [5.41, 5.74) is 1.53. The van der Waals surface area contributed by atoms with Crippen molar-refractivity contribution in [3.8, 4) is 5.88 Å². The van der Waals surface area contributed by atoms with E-state index in [1.807, 2.05) is 6.07 Å². The second-order valence-electron chi connectivity index (χ2n) is 2.69. The molecular formula is C9H9N2O2+. The predicted molar refractivity (Wildman–Crippen MR) is 46.8 cm³/mol. The lowest BCUT2D eigenvalue weighted by atomic mass is 10.2. The highest BCUT2D eigenvalue weighted by atomic mass is 16.5. The molecule has 0 aliphatic rings. The van der Waals surface area contributed by atoms with Crippen molar-refractivity contribution in [2.24, 2.45) is 0 Å². The van der Waals surface area contributed by atoms with Crippen LogP contribution >= 0.6 is 0 Å². The van der Waals surface area contributed by atoms with Crippen LogP contribution in [0, 0.1) is 0 Å². The van der Waals surface area contributed by atoms with Gasteiger partial charge in [-0.25, -0.2) is 0 Å². The third-order valence-corrected chi connectivity index (χ3v) is 1.97. The van der Waals surface area contributed by atoms with Crippen LogP contribution in [0.1, 0.15) is 10.4 Å². The van der Waals surface area contributed by atoms with Crippen molar-refractivity contribution in [2.75, 3.05) is 7.11 Å². The third kappa shape index (κ3) is 1.16. The van der Waals surface area contributed by atoms with Gasteiger partial charge in [-0.1, -0.05) is 0 Å². The summed E-state index contributed by atoms with van der Waals surface area (Å²) in [6.07, 6.45) is 4.23. The van der Waals surface area contributed by atoms with Gasteiger partial charge in [0.25, 0.3) is 0 Å². The molecule has 0 unspecified atom stereocenters. The number of carbonyl (C=O) groups excluding carboxylic acids is 1. The molecule has 4 heteroatoms. The van der Waals surface area contributed by atoms with E-state index in [9.17, 15) is 4.79 Å². The molecule has 0 aliphatic carbocycles. The van der Waals surface area contributed by atoms with E-state index in [0.717, 1.165) is 17.2 Å². The van der Waals surface area contributed by atoms with E-state index >= 15 is 0 Å². The quantitative estimate of drug-likeness (QED) is 0.690. The summed E-state index contributed by atoms with van der Waals surface area (Å²) in [7, 11) is 1.58. The Balaban J connectivity index is 2.67. The highest BCUT2D eigenvalue weighted by molar-refractivity contribution is 5.96. The standard InChI is InChI=1S/C9H8N2O2/c1-13-9-2-8-7(4-11-9)6(5-12)3-10-8/h2-5,10H,1H3/p+1. The molecule has 0 bridgehead atoms. The van der Waals surface area contributed by atoms with Crippen LogP contribution in [-0.4, -0.2) is 18.4 Å². The number of fused-ring (bicyclic) bond motifs is 1. The van der Waals surface area contributed by atoms with Crippen LogP contribution in [0.3, 0.4) is 0 Å². The van der Waals surface area contributed by atoms with Gasteiger partial charge >= 0.3 is 5.88 Å². The van der Waals surface area contributed by atoms with Gasteiger partial charge in [-0.15, -0.1) is 0 Å². The van der Waals surface area contributed by atoms with Crippen LogP contribution in [-0.2, 0) is 0 Å². The maximum absolute atomic E-state index is 10.6. The molecule has 0 radical (unpaired) electrons. The lowest BCUT2D eigenvalue weighted by molar-refractivity contribution is -0.390. The van der Waals surface area contributed by atoms with Gasteiger partial charge in [0.05, 0.1) is 24.1 Å². The third-order valence-electron chi connectivity index (χ3n) is 1.97. The van der Waals surface area contributed by atoms with Crippen LogP contribution in [0.4, 0.5) is 0 Å². The number of rotatable bonds is 2. The van der Waals surface area contributed by atoms with E-state index in [1.165, 1.54) is 0 Å². The average Bonchev–Trinajstić information content (AvgIpc) is 2.59. The first-order valence-corrected chi connectivity index (χ1v) is 3.87. The minimum Gasteiger partial charge on any atom is -0.448 e. The van der Waals surface area contributed by atoms with Crippen LogP contribution < -0.4 is 9.72 Å². The summed E-state index contributed by atoms with van der Waals surface area (Å²) in [5, 5.41) is 0.871. The second-order valence-corrected chi connectivity index (χ2v) is 2.69. The zero-order valence-corrected chi connectivity index (χ0v) is 7.13. The summed E-state index contributed by atoms with van der Waals surface area (Å²) in [5.74, 6) is 0.659. The average molecular weight is 177 g/mol. The normalized spacial score (nSPS) is 10.2. The molecular weight excluding hydrogens is 168 g/mol. The topological polar surface area (TPSA) is 56.2 Å². The number of aromatic nitrogens is 2. The monoisotopic (exact) mass is 177 g/mol. The molecule has 2 aromatic rings. The lowest BCUT2D eigenvalue weighted by Gasteiger charge is -1.90. The van der Waals surface area contributed by atoms with E-state index < -0.39 is 0 Å². The van der Waals surface area contributed by atoms with E-state index in [-0.39, 0.29) is 0 Å². The van der Waals surface area contributed by atoms with E-state index in [4.69, 9.17) is 4.74 Å². The molecule has 0 aliphatic heterocycles. The second kappa shape index (κ2) is 2.90. The number of pyridine rings is 1. The number of hydrogen-bond donors (Lipinski definition) is 1. The maximum Gasteiger partial charge on any atom is 0.367 e. The minimum absolute atomic E-state index is 0.647. The fraction of sp³-hybridized carbons (Fsp3) is 0.111. The maximum atomic E-state index is 10.6. The van der Waals surface area contributed by atoms with Crippen LogP contribution in [0.5, 0.6) is 5.88 Å². The van der Waals surface area contributed by atoms with Crippen LogP contribution in [0.2, 0.25) is 0 Å². The predicted octanol–water partition coefficient (Wildman–Crippen LogP) is 0.803. The van der Waals surface area contributed by atoms with Crippen LogP contribution in [0.25, 0.3) is 10.9 Å². The summed E-state index contributed by atoms with van der Waals surface area (Å²) in [6, 6.07) is 1.81. The Labute approximate surface area is 74.5 Å². The number of ether oxygens (including phenoxy) is 1. The van der Waals surface area contributed by atoms with E-state index in [0.29, 0.717) is 11.4 Å². The highest BCUT2D eigenvalue weighted by Crippen LogP contribution is 2.16. The van der Waals surface area contributed by atoms with Crippen molar-refractivity contribution in [1.29, 1.82) is 0 Å². The molecule has 0 aromatic carbocycles. The Kier molecular flexibility index (Phi) is 1.73. The van der Waals surface area contributed by atoms with Crippen molar-refractivity contribution in [3.63, 3.8) is 0 Å². The number of aldehydes is 1. The Morgan fingerprint density at radius 1 is 1.62 bits per heavy atom. The number of hydrogen-bond acceptors (Lipinski definition) is 2. The molecule has 0 amide bonds. The molecule has 2 rings (SSSR count). The first-order chi connectivity index (χ1) is 6.35. The number of nitrogens with one attached hydrogen (secondary N) is 2. The molecule has 0 saturated carbocycles. The molecule has 66 valence electrons. The molecule has 0 saturated heterocycles. The summed E-state index contributed by atoms with van der Waals surface area (Å²) in [4.78, 5) is 16.5. The summed E-state index contributed by atoms with van der Waals surface area (Å²) >= 11 is 0. The smallest absolute Gasteiger partial charge is 0.367 e. The molecule has 4 nitrogen and oxygen atoms in total. The zero-order chi connectivity index (χ0) is 9.26. The lowest BCUT2D eigenvalue weighted by Crippen LogP contribution is -2.05. The van der Waals surface area contributed by atoms with Gasteiger partial charge in [-0.2, -0.15) is 4.98 Å². The van der Waals surface area contributed by atoms with Crippen LogP contribution in [0.15, 0.2) is 18.5 Å². The summed E-state index contributed by atoms with van der Waals surface area (Å²) < 4.78 is 5.00. The fourth-order valence-corrected chi connectivity index (χ4v) is 1.28. The molecule has 0 spiro atoms. The molecule has 2 N–H and O–H groups in total. The first-order valence-electron chi connectivity index (χ1n) is 3.87. The highest BCUT2D eigenvalue weighted by Gasteiger charge is 2.08. The summed E-state index contributed by atoms with van der Waals surface area (Å²) in [6.45, 7) is 0. The zero-order valence-electron chi connectivity index (χ0n) is 7.13. The van der Waals surface area contributed by atoms with Crippen molar-refractivity contribution in [1.82, 2.24) is 4.98 Å². The Bertz CT molecular complexity index is 448. The van der Waals surface area contributed by atoms with Gasteiger partial charge in [0.1, 0.15) is 0 Å². The van der Waals surface area contributed by atoms with Gasteiger partial charge in [0.2, 0.25) is 0 Å². The van der Waals surface area contributed by atoms with Crippen molar-refractivity contribution in [3.05, 3.63) is 24.0 Å². The molecule has 0 fully saturated rings. The van der Waals surface area contributed by atoms with Gasteiger partial charge in [-0.3, -0.25) is 4.79 Å². The largest absolute Gasteiger partial charge is 0.448 e. The number of carbonyl (C=O) groups is 1. The van der Waals surface area contributed by atoms with Gasteiger partial charge in [0, 0.05) is 11.8 Å². The van der Waals surface area contributed by atoms with Gasteiger partial charge < -0.3 is 9.72 Å². The molecule has 13 heavy (non-hydrogen) atoms. The minimum atomic E-state index is 0.647. The Hall–Kier alpha value is -1.84. The molecule has 0 atom stereocenters. The number of methoxy groups -OCH3 is 1. The first kappa shape index (κ1) is 7.79. The number of aromatic amines is 2. The fourth-order valence-electron chi connectivity index (χ4n) is 1.28. The molecule has 2 heterocycles. The van der Waals surface area contributed by atoms with E-state index in [1.54, 1.807) is 19.5 Å². The van der Waals surface area contributed by atoms with Gasteiger partial charge in [-0.05, 0) is 0 Å². The Morgan fingerprint density at radius 2 is 2.46 bits per heavy atom. The molecule has 2 aromatic heterocycles. The SMILES string of the molecule is COc1cc2[nH]cc(C=O)c2c[nH+]1. The Morgan fingerprint density at radius 3 is 3.15 bits per heavy atom. The van der Waals surface area contributed by atoms with Gasteiger partial charge in [0.15, 0.2) is 12.5 Å². The van der Waals surface area contributed by atoms with Crippen molar-refractivity contribution >= 4 is 17.2 Å². The van der Waals surface area contributed by atoms with Crippen molar-refractivity contribution < 1.29 is 14.5 Å². The van der Waals surface area contributed by atoms with E-state index in [2.05, 4.69) is 9.97 Å². The number of H-pyrrole nitrogens is 2.